The van der Waals surface area contributed by atoms with Crippen molar-refractivity contribution in [3.63, 3.8) is 0 Å². The topological polar surface area (TPSA) is 74.2 Å². The summed E-state index contributed by atoms with van der Waals surface area (Å²) >= 11 is 0. The summed E-state index contributed by atoms with van der Waals surface area (Å²) < 4.78 is 16.0. The number of para-hydroxylation sites is 1. The number of cyclic esters (lactones) is 1. The highest BCUT2D eigenvalue weighted by molar-refractivity contribution is 6.17. The van der Waals surface area contributed by atoms with Crippen molar-refractivity contribution in [3.05, 3.63) is 96.1 Å². The van der Waals surface area contributed by atoms with Crippen LogP contribution in [0.25, 0.3) is 0 Å². The van der Waals surface area contributed by atoms with Crippen molar-refractivity contribution in [2.24, 2.45) is 4.99 Å². The fourth-order valence-corrected chi connectivity index (χ4v) is 3.02. The van der Waals surface area contributed by atoms with E-state index in [2.05, 4.69) is 4.99 Å². The SMILES string of the molecule is COc1ccc(C2=N[C@@](C(=O)Oc3ccccc3)(c3ccccc3)C(=O)O2)cc1. The molecular formula is C23H17NO5. The maximum absolute atomic E-state index is 13.2. The molecule has 0 fully saturated rings. The van der Waals surface area contributed by atoms with Crippen LogP contribution in [0, 0.1) is 0 Å². The van der Waals surface area contributed by atoms with Gasteiger partial charge in [0.05, 0.1) is 7.11 Å². The number of esters is 2. The first-order chi connectivity index (χ1) is 14.1. The molecule has 1 aliphatic rings. The number of methoxy groups -OCH3 is 1. The fraction of sp³-hybridized carbons (Fsp3) is 0.0870. The monoisotopic (exact) mass is 387 g/mol. The second kappa shape index (κ2) is 7.59. The Morgan fingerprint density at radius 2 is 1.48 bits per heavy atom. The van der Waals surface area contributed by atoms with Crippen molar-refractivity contribution in [1.29, 1.82) is 0 Å². The van der Waals surface area contributed by atoms with E-state index in [1.165, 1.54) is 0 Å². The van der Waals surface area contributed by atoms with Gasteiger partial charge in [-0.2, -0.15) is 0 Å². The molecule has 1 aliphatic heterocycles. The summed E-state index contributed by atoms with van der Waals surface area (Å²) in [7, 11) is 1.56. The summed E-state index contributed by atoms with van der Waals surface area (Å²) in [5.41, 5.74) is -1.02. The summed E-state index contributed by atoms with van der Waals surface area (Å²) in [5.74, 6) is -0.629. The van der Waals surface area contributed by atoms with E-state index < -0.39 is 17.5 Å². The first kappa shape index (κ1) is 18.4. The van der Waals surface area contributed by atoms with Crippen molar-refractivity contribution < 1.29 is 23.8 Å². The van der Waals surface area contributed by atoms with E-state index in [1.807, 2.05) is 0 Å². The van der Waals surface area contributed by atoms with Gasteiger partial charge in [-0.25, -0.2) is 14.6 Å². The molecule has 144 valence electrons. The Morgan fingerprint density at radius 3 is 2.10 bits per heavy atom. The minimum Gasteiger partial charge on any atom is -0.497 e. The molecule has 29 heavy (non-hydrogen) atoms. The Balaban J connectivity index is 1.78. The fourth-order valence-electron chi connectivity index (χ4n) is 3.02. The van der Waals surface area contributed by atoms with Crippen molar-refractivity contribution in [2.75, 3.05) is 7.11 Å². The van der Waals surface area contributed by atoms with Gasteiger partial charge in [0.15, 0.2) is 0 Å². The lowest BCUT2D eigenvalue weighted by molar-refractivity contribution is -0.152. The van der Waals surface area contributed by atoms with Crippen LogP contribution >= 0.6 is 0 Å². The molecule has 3 aromatic carbocycles. The van der Waals surface area contributed by atoms with Crippen LogP contribution < -0.4 is 9.47 Å². The van der Waals surface area contributed by atoms with Gasteiger partial charge in [0.1, 0.15) is 11.5 Å². The summed E-state index contributed by atoms with van der Waals surface area (Å²) in [6.45, 7) is 0. The minimum absolute atomic E-state index is 0.0477. The van der Waals surface area contributed by atoms with Crippen LogP contribution in [0.3, 0.4) is 0 Å². The highest BCUT2D eigenvalue weighted by Crippen LogP contribution is 2.35. The smallest absolute Gasteiger partial charge is 0.357 e. The third-order valence-corrected chi connectivity index (χ3v) is 4.53. The number of ether oxygens (including phenoxy) is 3. The van der Waals surface area contributed by atoms with E-state index in [4.69, 9.17) is 14.2 Å². The predicted molar refractivity (Wildman–Crippen MR) is 106 cm³/mol. The number of hydrogen-bond acceptors (Lipinski definition) is 6. The molecular weight excluding hydrogens is 370 g/mol. The van der Waals surface area contributed by atoms with E-state index in [0.717, 1.165) is 0 Å². The van der Waals surface area contributed by atoms with Gasteiger partial charge in [-0.05, 0) is 36.4 Å². The van der Waals surface area contributed by atoms with Gasteiger partial charge in [-0.3, -0.25) is 0 Å². The van der Waals surface area contributed by atoms with Gasteiger partial charge in [-0.1, -0.05) is 48.5 Å². The Hall–Kier alpha value is -3.93. The lowest BCUT2D eigenvalue weighted by Gasteiger charge is -2.20. The van der Waals surface area contributed by atoms with Crippen molar-refractivity contribution in [3.8, 4) is 11.5 Å². The van der Waals surface area contributed by atoms with Crippen LogP contribution in [0.1, 0.15) is 11.1 Å². The molecule has 0 bridgehead atoms. The number of carbonyl (C=O) groups excluding carboxylic acids is 2. The van der Waals surface area contributed by atoms with Crippen molar-refractivity contribution >= 4 is 17.8 Å². The second-order valence-corrected chi connectivity index (χ2v) is 6.31. The van der Waals surface area contributed by atoms with Gasteiger partial charge < -0.3 is 14.2 Å². The summed E-state index contributed by atoms with van der Waals surface area (Å²) in [4.78, 5) is 30.6. The number of benzene rings is 3. The molecule has 0 saturated heterocycles. The zero-order valence-corrected chi connectivity index (χ0v) is 15.6. The highest BCUT2D eigenvalue weighted by Gasteiger charge is 2.56. The van der Waals surface area contributed by atoms with Crippen molar-refractivity contribution in [2.45, 2.75) is 5.54 Å². The average Bonchev–Trinajstić information content (AvgIpc) is 3.13. The van der Waals surface area contributed by atoms with Gasteiger partial charge in [-0.15, -0.1) is 0 Å². The van der Waals surface area contributed by atoms with E-state index in [-0.39, 0.29) is 5.90 Å². The quantitative estimate of drug-likeness (QED) is 0.381. The maximum atomic E-state index is 13.2. The van der Waals surface area contributed by atoms with Gasteiger partial charge >= 0.3 is 11.9 Å². The normalized spacial score (nSPS) is 18.0. The number of carbonyl (C=O) groups is 2. The third-order valence-electron chi connectivity index (χ3n) is 4.53. The molecule has 0 aromatic heterocycles. The van der Waals surface area contributed by atoms with Crippen LogP contribution in [0.15, 0.2) is 89.9 Å². The first-order valence-corrected chi connectivity index (χ1v) is 8.93. The van der Waals surface area contributed by atoms with E-state index in [0.29, 0.717) is 22.6 Å². The first-order valence-electron chi connectivity index (χ1n) is 8.93. The molecule has 0 spiro atoms. The van der Waals surface area contributed by atoms with Crippen LogP contribution in [0.4, 0.5) is 0 Å². The molecule has 1 heterocycles. The molecule has 4 rings (SSSR count). The molecule has 3 aromatic rings. The second-order valence-electron chi connectivity index (χ2n) is 6.31. The number of nitrogens with zero attached hydrogens (tertiary/aromatic N) is 1. The van der Waals surface area contributed by atoms with Gasteiger partial charge in [0.25, 0.3) is 5.54 Å². The zero-order valence-electron chi connectivity index (χ0n) is 15.6. The molecule has 6 heteroatoms. The standard InChI is InChI=1S/C23H17NO5/c1-27-18-14-12-16(13-15-18)20-24-23(22(26)29-20,17-8-4-2-5-9-17)21(25)28-19-10-6-3-7-11-19/h2-15H,1H3/t23-/m1/s1. The van der Waals surface area contributed by atoms with Crippen LogP contribution in [0.2, 0.25) is 0 Å². The summed E-state index contributed by atoms with van der Waals surface area (Å²) in [6.07, 6.45) is 0. The highest BCUT2D eigenvalue weighted by atomic mass is 16.6. The molecule has 0 aliphatic carbocycles. The van der Waals surface area contributed by atoms with E-state index in [9.17, 15) is 9.59 Å². The molecule has 0 saturated carbocycles. The molecule has 0 N–H and O–H groups in total. The lowest BCUT2D eigenvalue weighted by Crippen LogP contribution is -2.42. The zero-order chi connectivity index (χ0) is 20.3. The Morgan fingerprint density at radius 1 is 0.862 bits per heavy atom. The van der Waals surface area contributed by atoms with Gasteiger partial charge in [0, 0.05) is 11.1 Å². The molecule has 1 atom stereocenters. The average molecular weight is 387 g/mol. The molecule has 6 nitrogen and oxygen atoms in total. The number of hydrogen-bond donors (Lipinski definition) is 0. The van der Waals surface area contributed by atoms with Gasteiger partial charge in [0.2, 0.25) is 5.90 Å². The number of rotatable bonds is 5. The van der Waals surface area contributed by atoms with Crippen LogP contribution in [0.5, 0.6) is 11.5 Å². The Kier molecular flexibility index (Phi) is 4.83. The Bertz CT molecular complexity index is 1060. The van der Waals surface area contributed by atoms with E-state index in [1.54, 1.807) is 92.0 Å². The largest absolute Gasteiger partial charge is 0.497 e. The van der Waals surface area contributed by atoms with Crippen molar-refractivity contribution in [1.82, 2.24) is 0 Å². The predicted octanol–water partition coefficient (Wildman–Crippen LogP) is 3.50. The molecule has 0 radical (unpaired) electrons. The Labute approximate surface area is 167 Å². The summed E-state index contributed by atoms with van der Waals surface area (Å²) in [5, 5.41) is 0. The maximum Gasteiger partial charge on any atom is 0.357 e. The number of aliphatic imine (C=N–C) groups is 1. The molecule has 0 unspecified atom stereocenters. The lowest BCUT2D eigenvalue weighted by atomic mass is 9.91. The minimum atomic E-state index is -1.94. The summed E-state index contributed by atoms with van der Waals surface area (Å²) in [6, 6.07) is 23.9. The van der Waals surface area contributed by atoms with Crippen LogP contribution in [-0.4, -0.2) is 24.9 Å². The third kappa shape index (κ3) is 3.36. The van der Waals surface area contributed by atoms with E-state index >= 15 is 0 Å². The van der Waals surface area contributed by atoms with Crippen LogP contribution in [-0.2, 0) is 19.9 Å². The molecule has 0 amide bonds.